The van der Waals surface area contributed by atoms with Crippen LogP contribution in [0.2, 0.25) is 0 Å². The average molecular weight is 559 g/mol. The van der Waals surface area contributed by atoms with Crippen molar-refractivity contribution >= 4 is 41.8 Å². The first-order valence-corrected chi connectivity index (χ1v) is 11.4. The number of guanidine groups is 1. The smallest absolute Gasteiger partial charge is 0.222 e. The van der Waals surface area contributed by atoms with Crippen LogP contribution < -0.4 is 11.1 Å². The quantitative estimate of drug-likeness (QED) is 0.188. The van der Waals surface area contributed by atoms with Crippen molar-refractivity contribution in [3.05, 3.63) is 30.1 Å². The highest BCUT2D eigenvalue weighted by molar-refractivity contribution is 14.0. The van der Waals surface area contributed by atoms with Gasteiger partial charge in [-0.3, -0.25) is 19.6 Å². The van der Waals surface area contributed by atoms with Crippen LogP contribution in [-0.2, 0) is 16.0 Å². The average Bonchev–Trinajstić information content (AvgIpc) is 2.76. The molecule has 32 heavy (non-hydrogen) atoms. The number of nitrogens with one attached hydrogen (secondary N) is 1. The molecule has 1 aliphatic heterocycles. The number of hydrogen-bond acceptors (Lipinski definition) is 4. The summed E-state index contributed by atoms with van der Waals surface area (Å²) in [5.41, 5.74) is 6.91. The predicted molar refractivity (Wildman–Crippen MR) is 139 cm³/mol. The minimum absolute atomic E-state index is 0. The molecule has 1 fully saturated rings. The van der Waals surface area contributed by atoms with Crippen molar-refractivity contribution in [1.29, 1.82) is 0 Å². The third kappa shape index (κ3) is 11.1. The van der Waals surface area contributed by atoms with Crippen LogP contribution in [0.1, 0.15) is 51.6 Å². The van der Waals surface area contributed by atoms with Gasteiger partial charge in [0.05, 0.1) is 0 Å². The Bertz CT molecular complexity index is 706. The second-order valence-electron chi connectivity index (χ2n) is 8.44. The van der Waals surface area contributed by atoms with E-state index < -0.39 is 0 Å². The fraction of sp³-hybridized carbons (Fsp3) is 0.652. The summed E-state index contributed by atoms with van der Waals surface area (Å²) >= 11 is 0. The van der Waals surface area contributed by atoms with Gasteiger partial charge in [-0.05, 0) is 30.9 Å². The number of hydrogen-bond donors (Lipinski definition) is 2. The number of nitrogens with two attached hydrogens (primary N) is 1. The van der Waals surface area contributed by atoms with Gasteiger partial charge in [-0.25, -0.2) is 0 Å². The molecular weight excluding hydrogens is 519 g/mol. The van der Waals surface area contributed by atoms with Crippen LogP contribution in [0.15, 0.2) is 29.4 Å². The Kier molecular flexibility index (Phi) is 13.9. The van der Waals surface area contributed by atoms with Gasteiger partial charge in [-0.2, -0.15) is 0 Å². The highest BCUT2D eigenvalue weighted by atomic mass is 127. The molecule has 2 amide bonds. The normalized spacial score (nSPS) is 14.3. The van der Waals surface area contributed by atoms with Crippen molar-refractivity contribution < 1.29 is 9.59 Å². The fourth-order valence-electron chi connectivity index (χ4n) is 3.53. The number of aliphatic imine (C=N–C) groups is 1. The molecule has 0 aliphatic carbocycles. The van der Waals surface area contributed by atoms with E-state index in [9.17, 15) is 9.59 Å². The predicted octanol–water partition coefficient (Wildman–Crippen LogP) is 2.42. The van der Waals surface area contributed by atoms with Crippen LogP contribution in [0.25, 0.3) is 0 Å². The zero-order valence-corrected chi connectivity index (χ0v) is 21.8. The number of carbonyl (C=O) groups excluding carboxylic acids is 2. The Balaban J connectivity index is 0.00000512. The maximum absolute atomic E-state index is 12.4. The van der Waals surface area contributed by atoms with Crippen LogP contribution in [-0.4, -0.2) is 71.8 Å². The molecular formula is C23H39IN6O2. The topological polar surface area (TPSA) is 104 Å². The van der Waals surface area contributed by atoms with Crippen LogP contribution in [0.3, 0.4) is 0 Å². The molecule has 0 radical (unpaired) electrons. The lowest BCUT2D eigenvalue weighted by Gasteiger charge is -2.35. The largest absolute Gasteiger partial charge is 0.370 e. The number of nitrogens with zero attached hydrogens (tertiary/aromatic N) is 4. The summed E-state index contributed by atoms with van der Waals surface area (Å²) in [6.07, 6.45) is 6.44. The molecule has 8 nitrogen and oxygen atoms in total. The highest BCUT2D eigenvalue weighted by Gasteiger charge is 2.23. The Labute approximate surface area is 209 Å². The molecule has 0 bridgehead atoms. The number of halogens is 1. The zero-order valence-electron chi connectivity index (χ0n) is 19.5. The molecule has 3 N–H and O–H groups in total. The third-order valence-electron chi connectivity index (χ3n) is 5.31. The number of amides is 2. The van der Waals surface area contributed by atoms with Crippen molar-refractivity contribution in [2.75, 3.05) is 39.3 Å². The van der Waals surface area contributed by atoms with Gasteiger partial charge in [-0.1, -0.05) is 26.3 Å². The molecule has 1 aliphatic rings. The van der Waals surface area contributed by atoms with E-state index >= 15 is 0 Å². The van der Waals surface area contributed by atoms with Gasteiger partial charge in [-0.15, -0.1) is 24.0 Å². The van der Waals surface area contributed by atoms with E-state index in [0.717, 1.165) is 31.4 Å². The standard InChI is InChI=1S/C23H38N6O2.HI/c1-19(2)18-22(31)29-16-14-28(15-17-29)21(30)9-4-3-6-12-26-23(24)27-13-10-20-8-5-7-11-25-20;/h5,7-8,11,19H,3-4,6,9-10,12-18H2,1-2H3,(H3,24,26,27);1H. The van der Waals surface area contributed by atoms with E-state index in [4.69, 9.17) is 5.73 Å². The lowest BCUT2D eigenvalue weighted by atomic mass is 10.1. The van der Waals surface area contributed by atoms with E-state index in [1.807, 2.05) is 28.0 Å². The highest BCUT2D eigenvalue weighted by Crippen LogP contribution is 2.10. The first-order chi connectivity index (χ1) is 15.0. The number of rotatable bonds is 11. The summed E-state index contributed by atoms with van der Waals surface area (Å²) in [6, 6.07) is 5.86. The lowest BCUT2D eigenvalue weighted by molar-refractivity contribution is -0.140. The molecule has 2 heterocycles. The van der Waals surface area contributed by atoms with Crippen LogP contribution in [0.4, 0.5) is 0 Å². The lowest BCUT2D eigenvalue weighted by Crippen LogP contribution is -2.50. The van der Waals surface area contributed by atoms with Gasteiger partial charge >= 0.3 is 0 Å². The van der Waals surface area contributed by atoms with Gasteiger partial charge in [0, 0.05) is 70.4 Å². The van der Waals surface area contributed by atoms with Crippen molar-refractivity contribution in [3.63, 3.8) is 0 Å². The van der Waals surface area contributed by atoms with E-state index in [0.29, 0.717) is 64.0 Å². The Morgan fingerprint density at radius 1 is 1.09 bits per heavy atom. The molecule has 0 aromatic carbocycles. The second kappa shape index (κ2) is 15.8. The Hall–Kier alpha value is -1.91. The summed E-state index contributed by atoms with van der Waals surface area (Å²) in [7, 11) is 0. The molecule has 0 unspecified atom stereocenters. The van der Waals surface area contributed by atoms with Crippen molar-refractivity contribution in [2.45, 2.75) is 52.4 Å². The molecule has 2 rings (SSSR count). The molecule has 0 spiro atoms. The van der Waals surface area contributed by atoms with E-state index in [1.165, 1.54) is 0 Å². The van der Waals surface area contributed by atoms with Crippen LogP contribution >= 0.6 is 24.0 Å². The Morgan fingerprint density at radius 2 is 1.78 bits per heavy atom. The maximum atomic E-state index is 12.4. The second-order valence-corrected chi connectivity index (χ2v) is 8.44. The van der Waals surface area contributed by atoms with Gasteiger partial charge in [0.15, 0.2) is 5.96 Å². The SMILES string of the molecule is CC(C)CC(=O)N1CCN(C(=O)CCCCCN=C(N)NCCc2ccccn2)CC1.I. The van der Waals surface area contributed by atoms with Crippen LogP contribution in [0, 0.1) is 5.92 Å². The molecule has 180 valence electrons. The molecule has 0 atom stereocenters. The number of pyridine rings is 1. The van der Waals surface area contributed by atoms with Gasteiger partial charge < -0.3 is 20.9 Å². The number of unbranched alkanes of at least 4 members (excludes halogenated alkanes) is 2. The molecule has 1 aromatic rings. The van der Waals surface area contributed by atoms with E-state index in [2.05, 4.69) is 29.1 Å². The molecule has 9 heteroatoms. The van der Waals surface area contributed by atoms with Gasteiger partial charge in [0.25, 0.3) is 0 Å². The minimum Gasteiger partial charge on any atom is -0.370 e. The summed E-state index contributed by atoms with van der Waals surface area (Å²) in [5, 5.41) is 3.10. The Morgan fingerprint density at radius 3 is 2.41 bits per heavy atom. The molecule has 1 aromatic heterocycles. The van der Waals surface area contributed by atoms with Crippen molar-refractivity contribution in [2.24, 2.45) is 16.6 Å². The summed E-state index contributed by atoms with van der Waals surface area (Å²) in [4.78, 5) is 36.9. The number of carbonyl (C=O) groups is 2. The monoisotopic (exact) mass is 558 g/mol. The van der Waals surface area contributed by atoms with Crippen molar-refractivity contribution in [1.82, 2.24) is 20.1 Å². The molecule has 0 saturated carbocycles. The van der Waals surface area contributed by atoms with Gasteiger partial charge in [0.1, 0.15) is 0 Å². The number of piperazine rings is 1. The fourth-order valence-corrected chi connectivity index (χ4v) is 3.53. The van der Waals surface area contributed by atoms with E-state index in [1.54, 1.807) is 6.20 Å². The van der Waals surface area contributed by atoms with Crippen molar-refractivity contribution in [3.8, 4) is 0 Å². The number of aromatic nitrogens is 1. The zero-order chi connectivity index (χ0) is 22.5. The summed E-state index contributed by atoms with van der Waals surface area (Å²) in [5.74, 6) is 1.22. The first-order valence-electron chi connectivity index (χ1n) is 11.4. The van der Waals surface area contributed by atoms with E-state index in [-0.39, 0.29) is 35.8 Å². The summed E-state index contributed by atoms with van der Waals surface area (Å²) in [6.45, 7) is 8.07. The first kappa shape index (κ1) is 28.1. The molecule has 1 saturated heterocycles. The third-order valence-corrected chi connectivity index (χ3v) is 5.31. The van der Waals surface area contributed by atoms with Gasteiger partial charge in [0.2, 0.25) is 11.8 Å². The summed E-state index contributed by atoms with van der Waals surface area (Å²) < 4.78 is 0. The maximum Gasteiger partial charge on any atom is 0.222 e. The van der Waals surface area contributed by atoms with Crippen LogP contribution in [0.5, 0.6) is 0 Å². The minimum atomic E-state index is 0.